The van der Waals surface area contributed by atoms with Crippen LogP contribution in [0.2, 0.25) is 0 Å². The normalized spacial score (nSPS) is 19.4. The molecule has 2 aliphatic rings. The van der Waals surface area contributed by atoms with Gasteiger partial charge in [0.1, 0.15) is 12.1 Å². The van der Waals surface area contributed by atoms with Crippen molar-refractivity contribution < 1.29 is 13.7 Å². The minimum absolute atomic E-state index is 0. The molecule has 0 atom stereocenters. The first kappa shape index (κ1) is 24.9. The molecule has 0 spiro atoms. The smallest absolute Gasteiger partial charge is 0.194 e. The second kappa shape index (κ2) is 11.9. The van der Waals surface area contributed by atoms with Crippen LogP contribution in [0, 0.1) is 5.82 Å². The third kappa shape index (κ3) is 6.20. The Morgan fingerprint density at radius 1 is 1.12 bits per heavy atom. The largest absolute Gasteiger partial charge is 0.381 e. The Morgan fingerprint density at radius 2 is 1.84 bits per heavy atom. The van der Waals surface area contributed by atoms with Crippen molar-refractivity contribution in [2.75, 3.05) is 52.5 Å². The lowest BCUT2D eigenvalue weighted by atomic mass is 9.74. The first-order valence-electron chi connectivity index (χ1n) is 11.2. The van der Waals surface area contributed by atoms with Crippen molar-refractivity contribution in [2.24, 2.45) is 4.99 Å². The molecule has 32 heavy (non-hydrogen) atoms. The van der Waals surface area contributed by atoms with Gasteiger partial charge in [0.25, 0.3) is 0 Å². The van der Waals surface area contributed by atoms with Crippen LogP contribution >= 0.6 is 24.0 Å². The van der Waals surface area contributed by atoms with Gasteiger partial charge in [-0.3, -0.25) is 9.89 Å². The maximum absolute atomic E-state index is 13.5. The fourth-order valence-corrected chi connectivity index (χ4v) is 4.42. The van der Waals surface area contributed by atoms with E-state index < -0.39 is 0 Å². The van der Waals surface area contributed by atoms with Crippen LogP contribution < -0.4 is 5.32 Å². The second-order valence-electron chi connectivity index (χ2n) is 8.32. The van der Waals surface area contributed by atoms with Crippen LogP contribution in [-0.2, 0) is 16.7 Å². The summed E-state index contributed by atoms with van der Waals surface area (Å²) in [6, 6.07) is 8.84. The molecule has 7 nitrogen and oxygen atoms in total. The number of ether oxygens (including phenoxy) is 1. The summed E-state index contributed by atoms with van der Waals surface area (Å²) in [5, 5.41) is 7.49. The molecule has 176 valence electrons. The molecule has 0 radical (unpaired) electrons. The summed E-state index contributed by atoms with van der Waals surface area (Å²) < 4.78 is 24.1. The van der Waals surface area contributed by atoms with E-state index in [4.69, 9.17) is 14.3 Å². The van der Waals surface area contributed by atoms with E-state index in [9.17, 15) is 4.39 Å². The molecule has 2 aliphatic heterocycles. The molecule has 0 saturated carbocycles. The van der Waals surface area contributed by atoms with Gasteiger partial charge in [0, 0.05) is 64.0 Å². The van der Waals surface area contributed by atoms with Crippen molar-refractivity contribution in [3.63, 3.8) is 0 Å². The van der Waals surface area contributed by atoms with E-state index in [0.29, 0.717) is 19.8 Å². The van der Waals surface area contributed by atoms with Gasteiger partial charge in [-0.05, 0) is 37.5 Å². The van der Waals surface area contributed by atoms with Gasteiger partial charge in [-0.1, -0.05) is 17.3 Å². The van der Waals surface area contributed by atoms with E-state index in [0.717, 1.165) is 69.3 Å². The van der Waals surface area contributed by atoms with Crippen molar-refractivity contribution in [1.29, 1.82) is 0 Å². The maximum atomic E-state index is 13.5. The number of benzene rings is 1. The molecule has 0 bridgehead atoms. The van der Waals surface area contributed by atoms with E-state index in [1.165, 1.54) is 0 Å². The molecule has 1 aromatic carbocycles. The van der Waals surface area contributed by atoms with Crippen LogP contribution in [0.5, 0.6) is 0 Å². The van der Waals surface area contributed by atoms with Crippen molar-refractivity contribution >= 4 is 29.9 Å². The zero-order valence-electron chi connectivity index (χ0n) is 18.6. The number of aliphatic imine (C=N–C) groups is 1. The molecule has 1 aromatic heterocycles. The molecule has 1 N–H and O–H groups in total. The summed E-state index contributed by atoms with van der Waals surface area (Å²) in [4.78, 5) is 9.79. The molecular weight excluding hydrogens is 524 g/mol. The summed E-state index contributed by atoms with van der Waals surface area (Å²) in [7, 11) is 0. The van der Waals surface area contributed by atoms with Gasteiger partial charge in [-0.2, -0.15) is 0 Å². The highest BCUT2D eigenvalue weighted by Gasteiger charge is 2.35. The SMILES string of the molecule is CCNC(=NCC1(c2ccc(F)cc2)CCOCC1)N1CCN(Cc2ccon2)CC1.I. The van der Waals surface area contributed by atoms with Crippen LogP contribution in [0.1, 0.15) is 31.0 Å². The summed E-state index contributed by atoms with van der Waals surface area (Å²) in [6.07, 6.45) is 3.41. The highest BCUT2D eigenvalue weighted by molar-refractivity contribution is 14.0. The molecule has 2 saturated heterocycles. The first-order chi connectivity index (χ1) is 15.2. The Kier molecular flexibility index (Phi) is 9.30. The topological polar surface area (TPSA) is 66.1 Å². The molecule has 0 amide bonds. The zero-order valence-corrected chi connectivity index (χ0v) is 21.0. The molecule has 4 rings (SSSR count). The van der Waals surface area contributed by atoms with Crippen LogP contribution in [-0.4, -0.2) is 73.4 Å². The van der Waals surface area contributed by atoms with Crippen LogP contribution in [0.4, 0.5) is 4.39 Å². The summed E-state index contributed by atoms with van der Waals surface area (Å²) in [5.74, 6) is 0.753. The predicted octanol–water partition coefficient (Wildman–Crippen LogP) is 3.26. The van der Waals surface area contributed by atoms with Crippen molar-refractivity contribution in [2.45, 2.75) is 31.7 Å². The van der Waals surface area contributed by atoms with Gasteiger partial charge in [0.2, 0.25) is 0 Å². The standard InChI is InChI=1S/C23H32FN5O2.HI/c1-2-25-22(29-12-10-28(11-13-29)17-21-7-14-31-27-21)26-18-23(8-15-30-16-9-23)19-3-5-20(24)6-4-19;/h3-7,14H,2,8-13,15-18H2,1H3,(H,25,26);1H. The number of piperazine rings is 1. The summed E-state index contributed by atoms with van der Waals surface area (Å²) in [6.45, 7) is 9.56. The number of aromatic nitrogens is 1. The third-order valence-electron chi connectivity index (χ3n) is 6.32. The summed E-state index contributed by atoms with van der Waals surface area (Å²) >= 11 is 0. The number of rotatable bonds is 6. The lowest BCUT2D eigenvalue weighted by molar-refractivity contribution is 0.0529. The number of nitrogens with one attached hydrogen (secondary N) is 1. The molecular formula is C23H33FIN5O2. The lowest BCUT2D eigenvalue weighted by Gasteiger charge is -2.39. The molecule has 9 heteroatoms. The average Bonchev–Trinajstić information content (AvgIpc) is 3.31. The molecule has 3 heterocycles. The Morgan fingerprint density at radius 3 is 2.47 bits per heavy atom. The number of guanidine groups is 1. The number of hydrogen-bond acceptors (Lipinski definition) is 5. The monoisotopic (exact) mass is 557 g/mol. The fraction of sp³-hybridized carbons (Fsp3) is 0.565. The van der Waals surface area contributed by atoms with Crippen molar-refractivity contribution in [3.05, 3.63) is 53.7 Å². The van der Waals surface area contributed by atoms with E-state index in [1.54, 1.807) is 18.4 Å². The molecule has 2 fully saturated rings. The molecule has 0 unspecified atom stereocenters. The van der Waals surface area contributed by atoms with E-state index in [1.807, 2.05) is 18.2 Å². The Labute approximate surface area is 206 Å². The summed E-state index contributed by atoms with van der Waals surface area (Å²) in [5.41, 5.74) is 2.01. The number of nitrogens with zero attached hydrogens (tertiary/aromatic N) is 4. The highest BCUT2D eigenvalue weighted by atomic mass is 127. The van der Waals surface area contributed by atoms with Gasteiger partial charge in [0.05, 0.1) is 12.2 Å². The van der Waals surface area contributed by atoms with Crippen molar-refractivity contribution in [1.82, 2.24) is 20.3 Å². The molecule has 0 aliphatic carbocycles. The van der Waals surface area contributed by atoms with Crippen LogP contribution in [0.25, 0.3) is 0 Å². The van der Waals surface area contributed by atoms with E-state index >= 15 is 0 Å². The highest BCUT2D eigenvalue weighted by Crippen LogP contribution is 2.35. The lowest BCUT2D eigenvalue weighted by Crippen LogP contribution is -2.52. The third-order valence-corrected chi connectivity index (χ3v) is 6.32. The first-order valence-corrected chi connectivity index (χ1v) is 11.2. The second-order valence-corrected chi connectivity index (χ2v) is 8.32. The molecule has 2 aromatic rings. The average molecular weight is 557 g/mol. The fourth-order valence-electron chi connectivity index (χ4n) is 4.42. The minimum Gasteiger partial charge on any atom is -0.381 e. The van der Waals surface area contributed by atoms with E-state index in [-0.39, 0.29) is 35.2 Å². The van der Waals surface area contributed by atoms with Crippen LogP contribution in [0.3, 0.4) is 0 Å². The van der Waals surface area contributed by atoms with E-state index in [2.05, 4.69) is 27.2 Å². The maximum Gasteiger partial charge on any atom is 0.194 e. The Hall–Kier alpha value is -1.72. The van der Waals surface area contributed by atoms with Gasteiger partial charge in [-0.25, -0.2) is 4.39 Å². The Bertz CT molecular complexity index is 833. The Balaban J connectivity index is 0.00000289. The quantitative estimate of drug-likeness (QED) is 0.334. The minimum atomic E-state index is -0.203. The number of halogens is 2. The van der Waals surface area contributed by atoms with Gasteiger partial charge in [-0.15, -0.1) is 24.0 Å². The van der Waals surface area contributed by atoms with Crippen LogP contribution in [0.15, 0.2) is 46.1 Å². The van der Waals surface area contributed by atoms with Gasteiger partial charge >= 0.3 is 0 Å². The van der Waals surface area contributed by atoms with Gasteiger partial charge in [0.15, 0.2) is 5.96 Å². The van der Waals surface area contributed by atoms with Crippen molar-refractivity contribution in [3.8, 4) is 0 Å². The zero-order chi connectivity index (χ0) is 21.5. The number of hydrogen-bond donors (Lipinski definition) is 1. The van der Waals surface area contributed by atoms with Gasteiger partial charge < -0.3 is 19.5 Å². The predicted molar refractivity (Wildman–Crippen MR) is 133 cm³/mol.